The van der Waals surface area contributed by atoms with Crippen molar-refractivity contribution in [2.45, 2.75) is 9.79 Å². The fourth-order valence-corrected chi connectivity index (χ4v) is 4.96. The van der Waals surface area contributed by atoms with Gasteiger partial charge in [-0.25, -0.2) is 0 Å². The van der Waals surface area contributed by atoms with Gasteiger partial charge in [0, 0.05) is 69.2 Å². The SMILES string of the molecule is O=S(=O)(O)c1ccc(Cl)c(C=Cc2ccc(-c3ccc(C=Cc4cc(S(=O)(=O)O)ccc4Cl)cc3)cc2)c1.[Na].[Na]. The van der Waals surface area contributed by atoms with E-state index >= 15 is 0 Å². The minimum Gasteiger partial charge on any atom is -0.282 e. The molecule has 196 valence electrons. The van der Waals surface area contributed by atoms with Crippen molar-refractivity contribution in [3.8, 4) is 11.1 Å². The van der Waals surface area contributed by atoms with E-state index in [4.69, 9.17) is 23.2 Å². The van der Waals surface area contributed by atoms with Crippen LogP contribution in [0, 0.1) is 0 Å². The van der Waals surface area contributed by atoms with Crippen LogP contribution in [-0.2, 0) is 20.2 Å². The molecule has 4 aromatic carbocycles. The largest absolute Gasteiger partial charge is 0.294 e. The van der Waals surface area contributed by atoms with Crippen molar-refractivity contribution in [3.05, 3.63) is 117 Å². The van der Waals surface area contributed by atoms with E-state index in [0.717, 1.165) is 22.3 Å². The molecule has 0 aliphatic rings. The third kappa shape index (κ3) is 9.39. The van der Waals surface area contributed by atoms with Crippen molar-refractivity contribution < 1.29 is 25.9 Å². The van der Waals surface area contributed by atoms with E-state index in [1.165, 1.54) is 36.4 Å². The van der Waals surface area contributed by atoms with Crippen LogP contribution in [0.3, 0.4) is 0 Å². The zero-order valence-corrected chi connectivity index (χ0v) is 28.6. The van der Waals surface area contributed by atoms with E-state index in [9.17, 15) is 25.9 Å². The molecule has 0 heterocycles. The molecular weight excluding hydrogens is 613 g/mol. The van der Waals surface area contributed by atoms with Crippen LogP contribution >= 0.6 is 23.2 Å². The molecule has 0 saturated carbocycles. The van der Waals surface area contributed by atoms with Gasteiger partial charge in [-0.05, 0) is 69.8 Å². The van der Waals surface area contributed by atoms with Gasteiger partial charge in [0.2, 0.25) is 0 Å². The molecule has 0 atom stereocenters. The Hall–Kier alpha value is -1.24. The number of hydrogen-bond acceptors (Lipinski definition) is 4. The van der Waals surface area contributed by atoms with Gasteiger partial charge >= 0.3 is 0 Å². The van der Waals surface area contributed by atoms with Gasteiger partial charge in [0.25, 0.3) is 20.2 Å². The Balaban J connectivity index is 0.00000280. The van der Waals surface area contributed by atoms with E-state index in [0.29, 0.717) is 21.2 Å². The minimum absolute atomic E-state index is 0. The zero-order chi connectivity index (χ0) is 27.5. The van der Waals surface area contributed by atoms with Crippen molar-refractivity contribution in [3.63, 3.8) is 0 Å². The van der Waals surface area contributed by atoms with Gasteiger partial charge in [-0.2, -0.15) is 16.8 Å². The van der Waals surface area contributed by atoms with Crippen molar-refractivity contribution >= 4 is 127 Å². The molecule has 0 spiro atoms. The minimum atomic E-state index is -4.33. The molecular formula is C28H20Cl2Na2O6S2. The van der Waals surface area contributed by atoms with Crippen LogP contribution in [0.25, 0.3) is 35.4 Å². The maximum atomic E-state index is 11.4. The first-order valence-corrected chi connectivity index (χ1v) is 14.6. The molecule has 0 fully saturated rings. The van der Waals surface area contributed by atoms with E-state index in [1.54, 1.807) is 24.3 Å². The van der Waals surface area contributed by atoms with Crippen LogP contribution < -0.4 is 0 Å². The maximum Gasteiger partial charge on any atom is 0.294 e. The summed E-state index contributed by atoms with van der Waals surface area (Å²) in [5, 5.41) is 0.709. The molecule has 12 heteroatoms. The average molecular weight is 633 g/mol. The molecule has 2 N–H and O–H groups in total. The summed E-state index contributed by atoms with van der Waals surface area (Å²) in [6.07, 6.45) is 6.92. The van der Waals surface area contributed by atoms with Crippen LogP contribution in [0.1, 0.15) is 22.3 Å². The predicted molar refractivity (Wildman–Crippen MR) is 164 cm³/mol. The number of rotatable bonds is 7. The van der Waals surface area contributed by atoms with Crippen molar-refractivity contribution in [1.82, 2.24) is 0 Å². The predicted octanol–water partition coefficient (Wildman–Crippen LogP) is 6.73. The Labute approximate surface area is 287 Å². The van der Waals surface area contributed by atoms with Crippen LogP contribution in [0.15, 0.2) is 94.7 Å². The number of benzene rings is 4. The number of hydrogen-bond donors (Lipinski definition) is 2. The van der Waals surface area contributed by atoms with E-state index in [1.807, 2.05) is 48.5 Å². The standard InChI is InChI=1S/C28H20Cl2O6S2.2Na/c29-27-15-13-25(37(31,32)33)17-23(27)11-5-19-1-7-21(8-2-19)22-9-3-20(4-10-22)6-12-24-18-26(38(34,35)36)14-16-28(24)30;;/h1-18H,(H,31,32,33)(H,34,35,36);;. The average Bonchev–Trinajstić information content (AvgIpc) is 2.87. The Morgan fingerprint density at radius 2 is 0.825 bits per heavy atom. The Morgan fingerprint density at radius 3 is 1.12 bits per heavy atom. The summed E-state index contributed by atoms with van der Waals surface area (Å²) in [6, 6.07) is 23.3. The van der Waals surface area contributed by atoms with Gasteiger partial charge in [0.1, 0.15) is 0 Å². The molecule has 4 aromatic rings. The molecule has 0 unspecified atom stereocenters. The van der Waals surface area contributed by atoms with Crippen LogP contribution in [0.5, 0.6) is 0 Å². The fourth-order valence-electron chi connectivity index (χ4n) is 3.57. The summed E-state index contributed by atoms with van der Waals surface area (Å²) in [6.45, 7) is 0. The monoisotopic (exact) mass is 632 g/mol. The van der Waals surface area contributed by atoms with Gasteiger partial charge in [-0.1, -0.05) is 96.0 Å². The Morgan fingerprint density at radius 1 is 0.500 bits per heavy atom. The Kier molecular flexibility index (Phi) is 12.9. The van der Waals surface area contributed by atoms with Gasteiger partial charge < -0.3 is 0 Å². The van der Waals surface area contributed by atoms with Gasteiger partial charge in [-0.15, -0.1) is 0 Å². The maximum absolute atomic E-state index is 11.4. The van der Waals surface area contributed by atoms with E-state index < -0.39 is 20.2 Å². The first-order valence-electron chi connectivity index (χ1n) is 11.0. The summed E-state index contributed by atoms with van der Waals surface area (Å²) >= 11 is 12.3. The zero-order valence-electron chi connectivity index (χ0n) is 21.5. The topological polar surface area (TPSA) is 109 Å². The second-order valence-electron chi connectivity index (χ2n) is 8.23. The summed E-state index contributed by atoms with van der Waals surface area (Å²) in [7, 11) is -8.65. The van der Waals surface area contributed by atoms with Crippen LogP contribution in [0.2, 0.25) is 10.0 Å². The van der Waals surface area contributed by atoms with Crippen LogP contribution in [-0.4, -0.2) is 85.1 Å². The molecule has 0 aliphatic carbocycles. The molecule has 0 aromatic heterocycles. The van der Waals surface area contributed by atoms with Crippen LogP contribution in [0.4, 0.5) is 0 Å². The summed E-state index contributed by atoms with van der Waals surface area (Å²) in [5.41, 5.74) is 4.61. The van der Waals surface area contributed by atoms with Crippen molar-refractivity contribution in [1.29, 1.82) is 0 Å². The quantitative estimate of drug-likeness (QED) is 0.133. The second-order valence-corrected chi connectivity index (χ2v) is 11.9. The Bertz CT molecular complexity index is 1640. The summed E-state index contributed by atoms with van der Waals surface area (Å²) in [4.78, 5) is -0.463. The summed E-state index contributed by atoms with van der Waals surface area (Å²) < 4.78 is 64.0. The molecule has 0 aliphatic heterocycles. The van der Waals surface area contributed by atoms with E-state index in [2.05, 4.69) is 0 Å². The first kappa shape index (κ1) is 35.0. The molecule has 2 radical (unpaired) electrons. The molecule has 6 nitrogen and oxygen atoms in total. The second kappa shape index (κ2) is 14.8. The van der Waals surface area contributed by atoms with E-state index in [-0.39, 0.29) is 68.9 Å². The normalized spacial score (nSPS) is 11.8. The number of halogens is 2. The molecule has 0 saturated heterocycles. The smallest absolute Gasteiger partial charge is 0.282 e. The van der Waals surface area contributed by atoms with Crippen molar-refractivity contribution in [2.75, 3.05) is 0 Å². The van der Waals surface area contributed by atoms with Gasteiger partial charge in [-0.3, -0.25) is 9.11 Å². The van der Waals surface area contributed by atoms with Gasteiger partial charge in [0.15, 0.2) is 0 Å². The summed E-state index contributed by atoms with van der Waals surface area (Å²) in [5.74, 6) is 0. The first-order chi connectivity index (χ1) is 17.9. The molecule has 40 heavy (non-hydrogen) atoms. The molecule has 4 rings (SSSR count). The molecule has 0 amide bonds. The third-order valence-corrected chi connectivity index (χ3v) is 7.98. The fraction of sp³-hybridized carbons (Fsp3) is 0. The van der Waals surface area contributed by atoms with Crippen molar-refractivity contribution in [2.24, 2.45) is 0 Å². The third-order valence-electron chi connectivity index (χ3n) is 5.60. The molecule has 0 bridgehead atoms. The van der Waals surface area contributed by atoms with Gasteiger partial charge in [0.05, 0.1) is 9.79 Å².